The van der Waals surface area contributed by atoms with Gasteiger partial charge in [0.2, 0.25) is 11.3 Å². The van der Waals surface area contributed by atoms with Gasteiger partial charge in [0.1, 0.15) is 0 Å². The van der Waals surface area contributed by atoms with E-state index in [2.05, 4.69) is 53.1 Å². The summed E-state index contributed by atoms with van der Waals surface area (Å²) in [5, 5.41) is 2.20. The van der Waals surface area contributed by atoms with Crippen molar-refractivity contribution >= 4 is 22.6 Å². The molecule has 0 radical (unpaired) electrons. The molecule has 146 valence electrons. The van der Waals surface area contributed by atoms with Crippen LogP contribution in [-0.4, -0.2) is 33.3 Å². The number of fused-ring (bicyclic) bond motifs is 1. The zero-order chi connectivity index (χ0) is 19.0. The molecule has 1 saturated carbocycles. The topological polar surface area (TPSA) is 52.6 Å². The Balaban J connectivity index is 1.30. The second-order valence-electron chi connectivity index (χ2n) is 8.16. The molecule has 27 heavy (non-hydrogen) atoms. The highest BCUT2D eigenvalue weighted by Crippen LogP contribution is 2.63. The Kier molecular flexibility index (Phi) is 5.54. The molecule has 1 aromatic heterocycles. The number of aryl methyl sites for hydroxylation is 2. The van der Waals surface area contributed by atoms with Crippen LogP contribution in [0.1, 0.15) is 34.9 Å². The van der Waals surface area contributed by atoms with Gasteiger partial charge in [-0.15, -0.1) is 11.3 Å². The SMILES string of the molecule is Cc1ccsc1CCCN1CC2C(C1)C2(C)c1cccc(CNS(=O)O)c1. The van der Waals surface area contributed by atoms with Crippen molar-refractivity contribution in [2.24, 2.45) is 11.8 Å². The maximum Gasteiger partial charge on any atom is 0.232 e. The largest absolute Gasteiger partial charge is 0.303 e. The second kappa shape index (κ2) is 7.76. The van der Waals surface area contributed by atoms with Gasteiger partial charge < -0.3 is 4.90 Å². The Morgan fingerprint density at radius 1 is 1.33 bits per heavy atom. The number of nitrogens with zero attached hydrogens (tertiary/aromatic N) is 1. The highest BCUT2D eigenvalue weighted by molar-refractivity contribution is 7.77. The van der Waals surface area contributed by atoms with E-state index in [1.165, 1.54) is 43.6 Å². The quantitative estimate of drug-likeness (QED) is 0.659. The zero-order valence-electron chi connectivity index (χ0n) is 16.0. The summed E-state index contributed by atoms with van der Waals surface area (Å²) in [7, 11) is 0. The Morgan fingerprint density at radius 3 is 2.78 bits per heavy atom. The molecule has 2 heterocycles. The number of benzene rings is 1. The molecule has 4 nitrogen and oxygen atoms in total. The van der Waals surface area contributed by atoms with Gasteiger partial charge in [0, 0.05) is 29.9 Å². The predicted octanol–water partition coefficient (Wildman–Crippen LogP) is 3.73. The summed E-state index contributed by atoms with van der Waals surface area (Å²) in [5.41, 5.74) is 4.17. The molecule has 0 spiro atoms. The molecule has 6 heteroatoms. The van der Waals surface area contributed by atoms with E-state index in [0.29, 0.717) is 6.54 Å². The third-order valence-corrected chi connectivity index (χ3v) is 8.10. The minimum Gasteiger partial charge on any atom is -0.303 e. The number of nitrogens with one attached hydrogen (secondary N) is 1. The number of piperidine rings is 1. The van der Waals surface area contributed by atoms with Gasteiger partial charge in [-0.1, -0.05) is 31.2 Å². The van der Waals surface area contributed by atoms with Crippen LogP contribution >= 0.6 is 11.3 Å². The number of hydrogen-bond acceptors (Lipinski definition) is 3. The first-order chi connectivity index (χ1) is 13.0. The monoisotopic (exact) mass is 404 g/mol. The average molecular weight is 405 g/mol. The Labute approximate surface area is 168 Å². The fourth-order valence-corrected chi connectivity index (χ4v) is 6.10. The van der Waals surface area contributed by atoms with Crippen molar-refractivity contribution in [2.45, 2.75) is 38.6 Å². The lowest BCUT2D eigenvalue weighted by atomic mass is 9.91. The lowest BCUT2D eigenvalue weighted by molar-refractivity contribution is 0.274. The van der Waals surface area contributed by atoms with Gasteiger partial charge >= 0.3 is 0 Å². The zero-order valence-corrected chi connectivity index (χ0v) is 17.6. The molecule has 1 aliphatic carbocycles. The first-order valence-electron chi connectivity index (χ1n) is 9.67. The van der Waals surface area contributed by atoms with Crippen molar-refractivity contribution in [1.29, 1.82) is 0 Å². The van der Waals surface area contributed by atoms with E-state index in [0.717, 1.165) is 17.4 Å². The molecule has 3 unspecified atom stereocenters. The molecule has 1 aliphatic heterocycles. The second-order valence-corrected chi connectivity index (χ2v) is 9.94. The lowest BCUT2D eigenvalue weighted by Crippen LogP contribution is -2.30. The number of thiophene rings is 1. The summed E-state index contributed by atoms with van der Waals surface area (Å²) in [6.07, 6.45) is 2.45. The molecule has 2 aromatic rings. The minimum atomic E-state index is -1.96. The fourth-order valence-electron chi connectivity index (χ4n) is 4.86. The molecule has 4 rings (SSSR count). The Bertz CT molecular complexity index is 823. The van der Waals surface area contributed by atoms with Crippen molar-refractivity contribution in [3.8, 4) is 0 Å². The molecular weight excluding hydrogens is 376 g/mol. The first kappa shape index (κ1) is 19.3. The maximum absolute atomic E-state index is 10.8. The first-order valence-corrected chi connectivity index (χ1v) is 11.7. The van der Waals surface area contributed by atoms with Gasteiger partial charge in [-0.2, -0.15) is 0 Å². The summed E-state index contributed by atoms with van der Waals surface area (Å²) in [6.45, 7) is 8.64. The molecule has 0 amide bonds. The third kappa shape index (κ3) is 3.91. The molecule has 2 N–H and O–H groups in total. The van der Waals surface area contributed by atoms with Crippen LogP contribution in [0.4, 0.5) is 0 Å². The summed E-state index contributed by atoms with van der Waals surface area (Å²) in [5.74, 6) is 1.49. The summed E-state index contributed by atoms with van der Waals surface area (Å²) >= 11 is -0.0726. The van der Waals surface area contributed by atoms with E-state index >= 15 is 0 Å². The molecule has 3 atom stereocenters. The average Bonchev–Trinajstić information content (AvgIpc) is 3.02. The van der Waals surface area contributed by atoms with Gasteiger partial charge in [-0.05, 0) is 66.3 Å². The molecular formula is C21H28N2O2S2. The number of hydrogen-bond donors (Lipinski definition) is 2. The molecule has 1 aromatic carbocycles. The van der Waals surface area contributed by atoms with E-state index in [9.17, 15) is 4.21 Å². The van der Waals surface area contributed by atoms with Crippen LogP contribution in [0.15, 0.2) is 35.7 Å². The van der Waals surface area contributed by atoms with Crippen LogP contribution in [0.2, 0.25) is 0 Å². The van der Waals surface area contributed by atoms with E-state index in [-0.39, 0.29) is 5.41 Å². The van der Waals surface area contributed by atoms with E-state index in [4.69, 9.17) is 4.55 Å². The number of likely N-dealkylation sites (tertiary alicyclic amines) is 1. The third-order valence-electron chi connectivity index (χ3n) is 6.62. The lowest BCUT2D eigenvalue weighted by Gasteiger charge is -2.24. The van der Waals surface area contributed by atoms with E-state index < -0.39 is 11.3 Å². The van der Waals surface area contributed by atoms with Gasteiger partial charge in [-0.3, -0.25) is 4.55 Å². The van der Waals surface area contributed by atoms with Crippen molar-refractivity contribution < 1.29 is 8.76 Å². The Hall–Kier alpha value is -1.05. The predicted molar refractivity (Wildman–Crippen MR) is 112 cm³/mol. The normalized spacial score (nSPS) is 28.3. The van der Waals surface area contributed by atoms with Crippen LogP contribution in [0.3, 0.4) is 0 Å². The summed E-state index contributed by atoms with van der Waals surface area (Å²) in [6, 6.07) is 10.7. The van der Waals surface area contributed by atoms with Crippen molar-refractivity contribution in [2.75, 3.05) is 19.6 Å². The standard InChI is InChI=1S/C21H28N2O2S2/c1-15-8-10-26-20(15)7-4-9-23-13-18-19(14-23)21(18,2)17-6-3-5-16(11-17)12-22-27(24)25/h3,5-6,8,10-11,18-19,22H,4,7,9,12-14H2,1-2H3,(H,24,25). The molecule has 1 saturated heterocycles. The number of rotatable bonds is 8. The van der Waals surface area contributed by atoms with Crippen LogP contribution in [0.5, 0.6) is 0 Å². The summed E-state index contributed by atoms with van der Waals surface area (Å²) < 4.78 is 22.3. The van der Waals surface area contributed by atoms with Crippen LogP contribution in [0, 0.1) is 18.8 Å². The van der Waals surface area contributed by atoms with Gasteiger partial charge in [0.05, 0.1) is 0 Å². The molecule has 2 aliphatic rings. The maximum atomic E-state index is 10.8. The van der Waals surface area contributed by atoms with Gasteiger partial charge in [0.15, 0.2) is 0 Å². The van der Waals surface area contributed by atoms with Crippen LogP contribution < -0.4 is 4.72 Å². The molecule has 2 fully saturated rings. The smallest absolute Gasteiger partial charge is 0.232 e. The van der Waals surface area contributed by atoms with Crippen LogP contribution in [-0.2, 0) is 29.6 Å². The van der Waals surface area contributed by atoms with Gasteiger partial charge in [0.25, 0.3) is 0 Å². The highest BCUT2D eigenvalue weighted by atomic mass is 32.2. The minimum absolute atomic E-state index is 0.273. The fraction of sp³-hybridized carbons (Fsp3) is 0.524. The van der Waals surface area contributed by atoms with Crippen molar-refractivity contribution in [3.63, 3.8) is 0 Å². The van der Waals surface area contributed by atoms with Crippen molar-refractivity contribution in [1.82, 2.24) is 9.62 Å². The van der Waals surface area contributed by atoms with Gasteiger partial charge in [-0.25, -0.2) is 8.93 Å². The summed E-state index contributed by atoms with van der Waals surface area (Å²) in [4.78, 5) is 4.18. The van der Waals surface area contributed by atoms with Crippen molar-refractivity contribution in [3.05, 3.63) is 57.3 Å². The molecule has 0 bridgehead atoms. The van der Waals surface area contributed by atoms with E-state index in [1.807, 2.05) is 17.4 Å². The van der Waals surface area contributed by atoms with Crippen LogP contribution in [0.25, 0.3) is 0 Å². The Morgan fingerprint density at radius 2 is 2.11 bits per heavy atom. The highest BCUT2D eigenvalue weighted by Gasteiger charge is 2.65. The van der Waals surface area contributed by atoms with E-state index in [1.54, 1.807) is 4.88 Å².